The van der Waals surface area contributed by atoms with E-state index < -0.39 is 11.6 Å². The van der Waals surface area contributed by atoms with Gasteiger partial charge in [0.2, 0.25) is 0 Å². The molecule has 0 radical (unpaired) electrons. The Labute approximate surface area is 197 Å². The molecule has 1 atom stereocenters. The number of aryl methyl sites for hydroxylation is 1. The van der Waals surface area contributed by atoms with Gasteiger partial charge in [-0.3, -0.25) is 9.48 Å². The largest absolute Gasteiger partial charge is 0.488 e. The van der Waals surface area contributed by atoms with Gasteiger partial charge >= 0.3 is 0 Å². The quantitative estimate of drug-likeness (QED) is 0.371. The predicted octanol–water partition coefficient (Wildman–Crippen LogP) is 3.51. The molecule has 1 amide bonds. The van der Waals surface area contributed by atoms with Gasteiger partial charge in [-0.25, -0.2) is 8.78 Å². The fraction of sp³-hybridized carbons (Fsp3) is 0.280. The molecule has 3 rings (SSSR count). The molecule has 9 heteroatoms. The lowest BCUT2D eigenvalue weighted by molar-refractivity contribution is 0.0917. The maximum atomic E-state index is 13.7. The van der Waals surface area contributed by atoms with Crippen LogP contribution >= 0.6 is 0 Å². The molecule has 2 N–H and O–H groups in total. The van der Waals surface area contributed by atoms with Crippen LogP contribution in [0.3, 0.4) is 0 Å². The number of halogens is 2. The number of ether oxygens (including phenoxy) is 2. The fourth-order valence-corrected chi connectivity index (χ4v) is 3.11. The van der Waals surface area contributed by atoms with Crippen molar-refractivity contribution in [3.63, 3.8) is 0 Å². The first-order valence-electron chi connectivity index (χ1n) is 10.6. The third-order valence-corrected chi connectivity index (χ3v) is 4.64. The maximum absolute atomic E-state index is 13.7. The molecule has 3 aromatic rings. The van der Waals surface area contributed by atoms with Crippen LogP contribution in [0, 0.1) is 23.5 Å². The van der Waals surface area contributed by atoms with Crippen LogP contribution in [0.2, 0.25) is 0 Å². The first kappa shape index (κ1) is 24.9. The van der Waals surface area contributed by atoms with Gasteiger partial charge in [0.15, 0.2) is 5.82 Å². The first-order valence-corrected chi connectivity index (χ1v) is 10.6. The van der Waals surface area contributed by atoms with Gasteiger partial charge in [0.05, 0.1) is 13.2 Å². The molecule has 2 aromatic carbocycles. The monoisotopic (exact) mass is 468 g/mol. The van der Waals surface area contributed by atoms with Crippen LogP contribution in [0.1, 0.15) is 28.4 Å². The highest BCUT2D eigenvalue weighted by atomic mass is 19.1. The minimum Gasteiger partial charge on any atom is -0.488 e. The summed E-state index contributed by atoms with van der Waals surface area (Å²) in [4.78, 5) is 12.8. The van der Waals surface area contributed by atoms with Crippen molar-refractivity contribution in [2.24, 2.45) is 7.05 Å². The summed E-state index contributed by atoms with van der Waals surface area (Å²) in [5, 5.41) is 9.89. The number of benzene rings is 2. The van der Waals surface area contributed by atoms with Crippen LogP contribution in [0.5, 0.6) is 5.75 Å². The summed E-state index contributed by atoms with van der Waals surface area (Å²) in [6.45, 7) is 2.71. The topological polar surface area (TPSA) is 77.4 Å². The lowest BCUT2D eigenvalue weighted by Crippen LogP contribution is -2.19. The molecule has 1 aromatic heterocycles. The van der Waals surface area contributed by atoms with Crippen molar-refractivity contribution < 1.29 is 23.0 Å². The van der Waals surface area contributed by atoms with E-state index in [1.54, 1.807) is 49.3 Å². The standard InChI is InChI=1S/C25H26F2N4O3/c1-17(16-33-3)34-22-12-18(5-4-9-28-15-19-6-7-21(26)14-23(19)27)11-20(13-22)25(32)29-24-8-10-31(2)30-24/h6-8,10-14,17,28H,9,15-16H2,1-3H3,(H,29,30,32)/t17-/m0/s1. The number of carbonyl (C=O) groups excluding carboxylic acids is 1. The molecule has 0 aliphatic rings. The van der Waals surface area contributed by atoms with E-state index in [4.69, 9.17) is 9.47 Å². The third kappa shape index (κ3) is 7.40. The number of nitrogens with zero attached hydrogens (tertiary/aromatic N) is 2. The average Bonchev–Trinajstić information content (AvgIpc) is 3.19. The zero-order valence-corrected chi connectivity index (χ0v) is 19.2. The summed E-state index contributed by atoms with van der Waals surface area (Å²) >= 11 is 0. The van der Waals surface area contributed by atoms with E-state index in [1.807, 2.05) is 6.92 Å². The second-order valence-corrected chi connectivity index (χ2v) is 7.60. The molecule has 0 aliphatic carbocycles. The molecular formula is C25H26F2N4O3. The summed E-state index contributed by atoms with van der Waals surface area (Å²) in [7, 11) is 3.34. The lowest BCUT2D eigenvalue weighted by Gasteiger charge is -2.15. The van der Waals surface area contributed by atoms with Crippen LogP contribution < -0.4 is 15.4 Å². The molecule has 0 spiro atoms. The van der Waals surface area contributed by atoms with Crippen molar-refractivity contribution in [3.8, 4) is 17.6 Å². The fourth-order valence-electron chi connectivity index (χ4n) is 3.11. The highest BCUT2D eigenvalue weighted by Crippen LogP contribution is 2.20. The number of carbonyl (C=O) groups is 1. The molecule has 0 unspecified atom stereocenters. The van der Waals surface area contributed by atoms with Gasteiger partial charge in [0, 0.05) is 55.7 Å². The molecule has 0 aliphatic heterocycles. The number of anilines is 1. The second-order valence-electron chi connectivity index (χ2n) is 7.60. The minimum absolute atomic E-state index is 0.205. The molecular weight excluding hydrogens is 442 g/mol. The Morgan fingerprint density at radius 3 is 2.74 bits per heavy atom. The van der Waals surface area contributed by atoms with Crippen LogP contribution in [0.4, 0.5) is 14.6 Å². The summed E-state index contributed by atoms with van der Waals surface area (Å²) in [6, 6.07) is 10.1. The van der Waals surface area contributed by atoms with Gasteiger partial charge in [-0.1, -0.05) is 17.9 Å². The van der Waals surface area contributed by atoms with Gasteiger partial charge in [0.25, 0.3) is 5.91 Å². The number of amides is 1. The van der Waals surface area contributed by atoms with E-state index in [2.05, 4.69) is 27.6 Å². The zero-order chi connectivity index (χ0) is 24.5. The second kappa shape index (κ2) is 11.9. The highest BCUT2D eigenvalue weighted by molar-refractivity contribution is 6.04. The Morgan fingerprint density at radius 1 is 1.21 bits per heavy atom. The number of nitrogens with one attached hydrogen (secondary N) is 2. The Morgan fingerprint density at radius 2 is 2.03 bits per heavy atom. The summed E-state index contributed by atoms with van der Waals surface area (Å²) in [5.41, 5.74) is 1.28. The van der Waals surface area contributed by atoms with E-state index in [9.17, 15) is 13.6 Å². The number of hydrogen-bond donors (Lipinski definition) is 2. The minimum atomic E-state index is -0.620. The zero-order valence-electron chi connectivity index (χ0n) is 19.2. The van der Waals surface area contributed by atoms with Crippen molar-refractivity contribution >= 4 is 11.7 Å². The number of rotatable bonds is 9. The Hall–Kier alpha value is -3.74. The van der Waals surface area contributed by atoms with E-state index in [1.165, 1.54) is 12.1 Å². The van der Waals surface area contributed by atoms with E-state index in [0.717, 1.165) is 6.07 Å². The number of aromatic nitrogens is 2. The summed E-state index contributed by atoms with van der Waals surface area (Å²) in [5.74, 6) is 5.25. The van der Waals surface area contributed by atoms with Crippen LogP contribution in [0.25, 0.3) is 0 Å². The predicted molar refractivity (Wildman–Crippen MR) is 125 cm³/mol. The molecule has 0 saturated carbocycles. The van der Waals surface area contributed by atoms with E-state index in [0.29, 0.717) is 34.9 Å². The summed E-state index contributed by atoms with van der Waals surface area (Å²) < 4.78 is 39.3. The first-order chi connectivity index (χ1) is 16.3. The van der Waals surface area contributed by atoms with Gasteiger partial charge < -0.3 is 20.1 Å². The smallest absolute Gasteiger partial charge is 0.257 e. The van der Waals surface area contributed by atoms with E-state index in [-0.39, 0.29) is 25.1 Å². The van der Waals surface area contributed by atoms with Crippen molar-refractivity contribution in [2.45, 2.75) is 19.6 Å². The molecule has 34 heavy (non-hydrogen) atoms. The average molecular weight is 469 g/mol. The highest BCUT2D eigenvalue weighted by Gasteiger charge is 2.12. The molecule has 1 heterocycles. The Kier molecular flexibility index (Phi) is 8.73. The van der Waals surface area contributed by atoms with Crippen molar-refractivity contribution in [3.05, 3.63) is 77.0 Å². The van der Waals surface area contributed by atoms with Gasteiger partial charge in [-0.15, -0.1) is 0 Å². The third-order valence-electron chi connectivity index (χ3n) is 4.64. The molecule has 0 fully saturated rings. The SMILES string of the molecule is COC[C@H](C)Oc1cc(C#CCNCc2ccc(F)cc2F)cc(C(=O)Nc2ccn(C)n2)c1. The molecule has 7 nitrogen and oxygen atoms in total. The van der Waals surface area contributed by atoms with Gasteiger partial charge in [-0.2, -0.15) is 5.10 Å². The van der Waals surface area contributed by atoms with Gasteiger partial charge in [0.1, 0.15) is 23.5 Å². The van der Waals surface area contributed by atoms with Crippen molar-refractivity contribution in [1.29, 1.82) is 0 Å². The molecule has 0 bridgehead atoms. The lowest BCUT2D eigenvalue weighted by atomic mass is 10.1. The normalized spacial score (nSPS) is 11.4. The van der Waals surface area contributed by atoms with Crippen molar-refractivity contribution in [2.75, 3.05) is 25.6 Å². The number of hydrogen-bond acceptors (Lipinski definition) is 5. The number of methoxy groups -OCH3 is 1. The van der Waals surface area contributed by atoms with Gasteiger partial charge in [-0.05, 0) is 31.2 Å². The molecule has 0 saturated heterocycles. The van der Waals surface area contributed by atoms with E-state index >= 15 is 0 Å². The van der Waals surface area contributed by atoms with Crippen LogP contribution in [-0.2, 0) is 18.3 Å². The van der Waals surface area contributed by atoms with Crippen LogP contribution in [-0.4, -0.2) is 42.1 Å². The Balaban J connectivity index is 1.71. The Bertz CT molecular complexity index is 1200. The van der Waals surface area contributed by atoms with Crippen molar-refractivity contribution in [1.82, 2.24) is 15.1 Å². The maximum Gasteiger partial charge on any atom is 0.257 e. The summed E-state index contributed by atoms with van der Waals surface area (Å²) in [6.07, 6.45) is 1.50. The van der Waals surface area contributed by atoms with Crippen LogP contribution in [0.15, 0.2) is 48.7 Å². The molecule has 178 valence electrons.